The van der Waals surface area contributed by atoms with Gasteiger partial charge >= 0.3 is 6.18 Å². The Kier molecular flexibility index (Phi) is 2.21. The van der Waals surface area contributed by atoms with Gasteiger partial charge in [-0.2, -0.15) is 13.2 Å². The van der Waals surface area contributed by atoms with E-state index in [9.17, 15) is 18.0 Å². The first kappa shape index (κ1) is 8.83. The summed E-state index contributed by atoms with van der Waals surface area (Å²) in [6, 6.07) is 3.69. The number of hydrogen-bond donors (Lipinski definition) is 1. The van der Waals surface area contributed by atoms with Crippen LogP contribution >= 0.6 is 0 Å². The fourth-order valence-corrected chi connectivity index (χ4v) is 0.812. The van der Waals surface area contributed by atoms with Gasteiger partial charge in [0.15, 0.2) is 0 Å². The molecule has 0 radical (unpaired) electrons. The van der Waals surface area contributed by atoms with Crippen molar-refractivity contribution < 1.29 is 13.2 Å². The molecule has 0 aliphatic heterocycles. The largest absolute Gasteiger partial charge is 0.394 e. The van der Waals surface area contributed by atoms with E-state index in [1.807, 2.05) is 0 Å². The van der Waals surface area contributed by atoms with Crippen LogP contribution in [0.1, 0.15) is 5.69 Å². The van der Waals surface area contributed by atoms with Crippen molar-refractivity contribution in [2.75, 3.05) is 0 Å². The van der Waals surface area contributed by atoms with Crippen LogP contribution in [0.5, 0.6) is 0 Å². The molecule has 1 heterocycles. The van der Waals surface area contributed by atoms with Crippen molar-refractivity contribution in [2.24, 2.45) is 0 Å². The Morgan fingerprint density at radius 3 is 2.50 bits per heavy atom. The third kappa shape index (κ3) is 2.77. The SMILES string of the molecule is O=c1cccc(CC(F)(F)F)[nH]1. The van der Waals surface area contributed by atoms with Crippen molar-refractivity contribution in [2.45, 2.75) is 12.6 Å². The summed E-state index contributed by atoms with van der Waals surface area (Å²) in [5.74, 6) is 0. The summed E-state index contributed by atoms with van der Waals surface area (Å²) in [5, 5.41) is 0. The highest BCUT2D eigenvalue weighted by molar-refractivity contribution is 5.04. The van der Waals surface area contributed by atoms with E-state index < -0.39 is 18.2 Å². The standard InChI is InChI=1S/C7H6F3NO/c8-7(9,10)4-5-2-1-3-6(12)11-5/h1-3H,4H2,(H,11,12). The van der Waals surface area contributed by atoms with Gasteiger partial charge in [0, 0.05) is 11.8 Å². The number of aromatic amines is 1. The van der Waals surface area contributed by atoms with Gasteiger partial charge in [0.2, 0.25) is 5.56 Å². The quantitative estimate of drug-likeness (QED) is 0.692. The molecule has 66 valence electrons. The van der Waals surface area contributed by atoms with Crippen molar-refractivity contribution in [3.63, 3.8) is 0 Å². The van der Waals surface area contributed by atoms with Gasteiger partial charge in [-0.05, 0) is 6.07 Å². The molecular weight excluding hydrogens is 171 g/mol. The van der Waals surface area contributed by atoms with Crippen LogP contribution < -0.4 is 5.56 Å². The van der Waals surface area contributed by atoms with Gasteiger partial charge in [-0.15, -0.1) is 0 Å². The van der Waals surface area contributed by atoms with Gasteiger partial charge in [-0.1, -0.05) is 6.07 Å². The van der Waals surface area contributed by atoms with Crippen LogP contribution in [0.25, 0.3) is 0 Å². The third-order valence-electron chi connectivity index (χ3n) is 1.22. The minimum Gasteiger partial charge on any atom is -0.326 e. The summed E-state index contributed by atoms with van der Waals surface area (Å²) in [6.45, 7) is 0. The number of nitrogens with one attached hydrogen (secondary N) is 1. The van der Waals surface area contributed by atoms with Crippen molar-refractivity contribution in [3.8, 4) is 0 Å². The van der Waals surface area contributed by atoms with E-state index in [-0.39, 0.29) is 5.69 Å². The minimum absolute atomic E-state index is 0.116. The maximum Gasteiger partial charge on any atom is 0.394 e. The molecule has 0 aromatic carbocycles. The summed E-state index contributed by atoms with van der Waals surface area (Å²) in [5.41, 5.74) is -0.633. The van der Waals surface area contributed by atoms with Gasteiger partial charge < -0.3 is 4.98 Å². The predicted octanol–water partition coefficient (Wildman–Crippen LogP) is 1.48. The first-order valence-electron chi connectivity index (χ1n) is 3.22. The number of H-pyrrole nitrogens is 1. The Labute approximate surface area is 66.0 Å². The van der Waals surface area contributed by atoms with Crippen molar-refractivity contribution in [3.05, 3.63) is 34.2 Å². The highest BCUT2D eigenvalue weighted by atomic mass is 19.4. The average molecular weight is 177 g/mol. The first-order chi connectivity index (χ1) is 5.47. The van der Waals surface area contributed by atoms with Crippen LogP contribution in [0.4, 0.5) is 13.2 Å². The maximum absolute atomic E-state index is 11.8. The van der Waals surface area contributed by atoms with Crippen LogP contribution in [0.2, 0.25) is 0 Å². The zero-order chi connectivity index (χ0) is 9.19. The minimum atomic E-state index is -4.27. The molecule has 1 N–H and O–H groups in total. The van der Waals surface area contributed by atoms with E-state index in [0.29, 0.717) is 0 Å². The summed E-state index contributed by atoms with van der Waals surface area (Å²) < 4.78 is 35.3. The summed E-state index contributed by atoms with van der Waals surface area (Å²) in [7, 11) is 0. The molecule has 0 saturated heterocycles. The lowest BCUT2D eigenvalue weighted by Crippen LogP contribution is -2.16. The number of halogens is 3. The van der Waals surface area contributed by atoms with Crippen molar-refractivity contribution in [1.29, 1.82) is 0 Å². The molecule has 0 bridgehead atoms. The van der Waals surface area contributed by atoms with Gasteiger partial charge in [0.05, 0.1) is 6.42 Å². The Morgan fingerprint density at radius 2 is 2.00 bits per heavy atom. The summed E-state index contributed by atoms with van der Waals surface area (Å²) >= 11 is 0. The number of aromatic nitrogens is 1. The topological polar surface area (TPSA) is 32.9 Å². The van der Waals surface area contributed by atoms with Gasteiger partial charge in [-0.25, -0.2) is 0 Å². The lowest BCUT2D eigenvalue weighted by atomic mass is 10.3. The van der Waals surface area contributed by atoms with Crippen LogP contribution in [-0.4, -0.2) is 11.2 Å². The molecule has 0 fully saturated rings. The maximum atomic E-state index is 11.8. The first-order valence-corrected chi connectivity index (χ1v) is 3.22. The van der Waals surface area contributed by atoms with E-state index in [1.165, 1.54) is 18.2 Å². The van der Waals surface area contributed by atoms with E-state index in [0.717, 1.165) is 0 Å². The van der Waals surface area contributed by atoms with E-state index in [1.54, 1.807) is 0 Å². The van der Waals surface area contributed by atoms with Crippen molar-refractivity contribution in [1.82, 2.24) is 4.98 Å². The molecule has 1 aromatic heterocycles. The highest BCUT2D eigenvalue weighted by Gasteiger charge is 2.27. The Bertz CT molecular complexity index is 315. The lowest BCUT2D eigenvalue weighted by molar-refractivity contribution is -0.127. The van der Waals surface area contributed by atoms with E-state index in [2.05, 4.69) is 4.98 Å². The Hall–Kier alpha value is -1.26. The third-order valence-corrected chi connectivity index (χ3v) is 1.22. The molecule has 0 spiro atoms. The molecular formula is C7H6F3NO. The van der Waals surface area contributed by atoms with Crippen LogP contribution in [-0.2, 0) is 6.42 Å². The predicted molar refractivity (Wildman–Crippen MR) is 36.8 cm³/mol. The molecule has 0 saturated carbocycles. The molecule has 1 aromatic rings. The molecule has 0 amide bonds. The van der Waals surface area contributed by atoms with E-state index in [4.69, 9.17) is 0 Å². The molecule has 0 atom stereocenters. The summed E-state index contributed by atoms with van der Waals surface area (Å²) in [4.78, 5) is 12.6. The molecule has 5 heteroatoms. The molecule has 0 aliphatic carbocycles. The smallest absolute Gasteiger partial charge is 0.326 e. The molecule has 12 heavy (non-hydrogen) atoms. The zero-order valence-corrected chi connectivity index (χ0v) is 5.98. The Balaban J connectivity index is 2.84. The highest BCUT2D eigenvalue weighted by Crippen LogP contribution is 2.18. The molecule has 0 aliphatic rings. The molecule has 0 unspecified atom stereocenters. The second kappa shape index (κ2) is 3.00. The van der Waals surface area contributed by atoms with Gasteiger partial charge in [0.25, 0.3) is 0 Å². The fraction of sp³-hybridized carbons (Fsp3) is 0.286. The molecule has 2 nitrogen and oxygen atoms in total. The number of pyridine rings is 1. The second-order valence-electron chi connectivity index (χ2n) is 2.33. The number of alkyl halides is 3. The molecule has 1 rings (SSSR count). The lowest BCUT2D eigenvalue weighted by Gasteiger charge is -2.04. The van der Waals surface area contributed by atoms with Crippen molar-refractivity contribution >= 4 is 0 Å². The second-order valence-corrected chi connectivity index (χ2v) is 2.33. The van der Waals surface area contributed by atoms with Crippen LogP contribution in [0, 0.1) is 0 Å². The van der Waals surface area contributed by atoms with E-state index >= 15 is 0 Å². The summed E-state index contributed by atoms with van der Waals surface area (Å²) in [6.07, 6.45) is -5.37. The average Bonchev–Trinajstić information content (AvgIpc) is 1.82. The normalized spacial score (nSPS) is 11.6. The van der Waals surface area contributed by atoms with Gasteiger partial charge in [-0.3, -0.25) is 4.79 Å². The zero-order valence-electron chi connectivity index (χ0n) is 5.98. The van der Waals surface area contributed by atoms with Crippen LogP contribution in [0.15, 0.2) is 23.0 Å². The van der Waals surface area contributed by atoms with Crippen LogP contribution in [0.3, 0.4) is 0 Å². The van der Waals surface area contributed by atoms with Gasteiger partial charge in [0.1, 0.15) is 0 Å². The Morgan fingerprint density at radius 1 is 1.33 bits per heavy atom. The monoisotopic (exact) mass is 177 g/mol. The number of rotatable bonds is 1. The fourth-order valence-electron chi connectivity index (χ4n) is 0.812. The number of hydrogen-bond acceptors (Lipinski definition) is 1.